The van der Waals surface area contributed by atoms with E-state index in [2.05, 4.69) is 0 Å². The molecule has 1 heterocycles. The molecule has 1 saturated carbocycles. The van der Waals surface area contributed by atoms with E-state index in [1.54, 1.807) is 0 Å². The Morgan fingerprint density at radius 2 is 2.06 bits per heavy atom. The van der Waals surface area contributed by atoms with E-state index in [4.69, 9.17) is 9.84 Å². The Labute approximate surface area is 94.4 Å². The van der Waals surface area contributed by atoms with Gasteiger partial charge in [0.2, 0.25) is 0 Å². The van der Waals surface area contributed by atoms with Crippen molar-refractivity contribution in [3.63, 3.8) is 0 Å². The lowest BCUT2D eigenvalue weighted by molar-refractivity contribution is -0.149. The van der Waals surface area contributed by atoms with Gasteiger partial charge in [-0.1, -0.05) is 0 Å². The summed E-state index contributed by atoms with van der Waals surface area (Å²) in [4.78, 5) is 24.1. The zero-order valence-corrected chi connectivity index (χ0v) is 9.22. The maximum absolute atomic E-state index is 12.0. The number of carboxylic acid groups (broad SMARTS) is 1. The first kappa shape index (κ1) is 11.4. The van der Waals surface area contributed by atoms with Crippen molar-refractivity contribution < 1.29 is 19.4 Å². The first-order valence-electron chi connectivity index (χ1n) is 5.79. The largest absolute Gasteiger partial charge is 0.480 e. The van der Waals surface area contributed by atoms with Crippen LogP contribution >= 0.6 is 0 Å². The molecule has 2 fully saturated rings. The fourth-order valence-corrected chi connectivity index (χ4v) is 1.98. The standard InChI is InChI=1S/C11H17NO4/c13-10(14)7-12(6-8-3-4-8)11(15)9-2-1-5-16-9/h8-9H,1-7H2,(H,13,14). The Morgan fingerprint density at radius 3 is 2.56 bits per heavy atom. The molecule has 1 N–H and O–H groups in total. The zero-order chi connectivity index (χ0) is 11.5. The highest BCUT2D eigenvalue weighted by Crippen LogP contribution is 2.30. The van der Waals surface area contributed by atoms with Gasteiger partial charge in [-0.05, 0) is 31.6 Å². The van der Waals surface area contributed by atoms with Gasteiger partial charge in [-0.15, -0.1) is 0 Å². The molecule has 90 valence electrons. The molecule has 1 unspecified atom stereocenters. The molecule has 2 aliphatic rings. The summed E-state index contributed by atoms with van der Waals surface area (Å²) < 4.78 is 5.30. The Bertz CT molecular complexity index is 282. The van der Waals surface area contributed by atoms with E-state index in [-0.39, 0.29) is 12.5 Å². The molecule has 0 bridgehead atoms. The second kappa shape index (κ2) is 4.82. The first-order chi connectivity index (χ1) is 7.66. The summed E-state index contributed by atoms with van der Waals surface area (Å²) in [6, 6.07) is 0. The summed E-state index contributed by atoms with van der Waals surface area (Å²) in [6.07, 6.45) is 3.42. The molecule has 1 aliphatic carbocycles. The second-order valence-electron chi connectivity index (χ2n) is 4.56. The third-order valence-corrected chi connectivity index (χ3v) is 3.02. The summed E-state index contributed by atoms with van der Waals surface area (Å²) in [5.74, 6) is -0.594. The highest BCUT2D eigenvalue weighted by molar-refractivity contribution is 5.84. The van der Waals surface area contributed by atoms with E-state index < -0.39 is 12.1 Å². The second-order valence-corrected chi connectivity index (χ2v) is 4.56. The predicted octanol–water partition coefficient (Wildman–Crippen LogP) is 0.489. The summed E-state index contributed by atoms with van der Waals surface area (Å²) in [5.41, 5.74) is 0. The molecule has 16 heavy (non-hydrogen) atoms. The lowest BCUT2D eigenvalue weighted by atomic mass is 10.2. The minimum absolute atomic E-state index is 0.146. The van der Waals surface area contributed by atoms with Gasteiger partial charge in [0.15, 0.2) is 0 Å². The van der Waals surface area contributed by atoms with E-state index in [1.807, 2.05) is 0 Å². The number of aliphatic carboxylic acids is 1. The van der Waals surface area contributed by atoms with Crippen LogP contribution in [0.2, 0.25) is 0 Å². The van der Waals surface area contributed by atoms with Crippen molar-refractivity contribution in [3.05, 3.63) is 0 Å². The van der Waals surface area contributed by atoms with Crippen molar-refractivity contribution in [3.8, 4) is 0 Å². The van der Waals surface area contributed by atoms with Crippen molar-refractivity contribution in [2.75, 3.05) is 19.7 Å². The lowest BCUT2D eigenvalue weighted by Gasteiger charge is -2.23. The minimum atomic E-state index is -0.952. The molecule has 0 radical (unpaired) electrons. The monoisotopic (exact) mass is 227 g/mol. The van der Waals surface area contributed by atoms with Gasteiger partial charge < -0.3 is 14.7 Å². The Balaban J connectivity index is 1.92. The number of hydrogen-bond acceptors (Lipinski definition) is 3. The Morgan fingerprint density at radius 1 is 1.31 bits per heavy atom. The maximum Gasteiger partial charge on any atom is 0.323 e. The zero-order valence-electron chi connectivity index (χ0n) is 9.22. The number of carboxylic acids is 1. The van der Waals surface area contributed by atoms with Crippen LogP contribution in [0.25, 0.3) is 0 Å². The van der Waals surface area contributed by atoms with Crippen molar-refractivity contribution in [2.24, 2.45) is 5.92 Å². The van der Waals surface area contributed by atoms with E-state index in [1.165, 1.54) is 4.90 Å². The molecular weight excluding hydrogens is 210 g/mol. The molecule has 5 nitrogen and oxygen atoms in total. The Kier molecular flexibility index (Phi) is 3.43. The van der Waals surface area contributed by atoms with Crippen LogP contribution in [-0.4, -0.2) is 47.7 Å². The number of ether oxygens (including phenoxy) is 1. The molecule has 0 spiro atoms. The molecule has 5 heteroatoms. The quantitative estimate of drug-likeness (QED) is 0.742. The summed E-state index contributed by atoms with van der Waals surface area (Å²) in [7, 11) is 0. The van der Waals surface area contributed by atoms with Gasteiger partial charge in [-0.2, -0.15) is 0 Å². The van der Waals surface area contributed by atoms with E-state index in [0.717, 1.165) is 25.7 Å². The number of carbonyl (C=O) groups excluding carboxylic acids is 1. The average molecular weight is 227 g/mol. The smallest absolute Gasteiger partial charge is 0.323 e. The van der Waals surface area contributed by atoms with E-state index >= 15 is 0 Å². The molecule has 0 aromatic heterocycles. The van der Waals surface area contributed by atoms with Crippen LogP contribution in [0, 0.1) is 5.92 Å². The highest BCUT2D eigenvalue weighted by Gasteiger charge is 2.33. The van der Waals surface area contributed by atoms with Gasteiger partial charge in [0.1, 0.15) is 12.6 Å². The van der Waals surface area contributed by atoms with Gasteiger partial charge in [-0.3, -0.25) is 9.59 Å². The predicted molar refractivity (Wildman–Crippen MR) is 55.9 cm³/mol. The van der Waals surface area contributed by atoms with E-state index in [0.29, 0.717) is 19.1 Å². The average Bonchev–Trinajstić information content (AvgIpc) is 2.88. The normalized spacial score (nSPS) is 24.4. The number of amides is 1. The van der Waals surface area contributed by atoms with Crippen molar-refractivity contribution in [2.45, 2.75) is 31.8 Å². The fraction of sp³-hybridized carbons (Fsp3) is 0.818. The third kappa shape index (κ3) is 2.95. The van der Waals surface area contributed by atoms with Crippen molar-refractivity contribution >= 4 is 11.9 Å². The molecule has 2 rings (SSSR count). The molecular formula is C11H17NO4. The first-order valence-corrected chi connectivity index (χ1v) is 5.79. The summed E-state index contributed by atoms with van der Waals surface area (Å²) >= 11 is 0. The third-order valence-electron chi connectivity index (χ3n) is 3.02. The van der Waals surface area contributed by atoms with Gasteiger partial charge in [0, 0.05) is 13.2 Å². The highest BCUT2D eigenvalue weighted by atomic mass is 16.5. The molecule has 1 atom stereocenters. The summed E-state index contributed by atoms with van der Waals surface area (Å²) in [5, 5.41) is 8.77. The van der Waals surface area contributed by atoms with Crippen LogP contribution in [0.15, 0.2) is 0 Å². The minimum Gasteiger partial charge on any atom is -0.480 e. The SMILES string of the molecule is O=C(O)CN(CC1CC1)C(=O)C1CCCO1. The molecule has 1 aliphatic heterocycles. The van der Waals surface area contributed by atoms with Crippen LogP contribution in [-0.2, 0) is 14.3 Å². The van der Waals surface area contributed by atoms with Crippen LogP contribution in [0.3, 0.4) is 0 Å². The molecule has 1 amide bonds. The van der Waals surface area contributed by atoms with Crippen molar-refractivity contribution in [1.82, 2.24) is 4.90 Å². The fourth-order valence-electron chi connectivity index (χ4n) is 1.98. The van der Waals surface area contributed by atoms with Crippen LogP contribution < -0.4 is 0 Å². The topological polar surface area (TPSA) is 66.8 Å². The number of hydrogen-bond donors (Lipinski definition) is 1. The number of carbonyl (C=O) groups is 2. The van der Waals surface area contributed by atoms with Crippen LogP contribution in [0.1, 0.15) is 25.7 Å². The van der Waals surface area contributed by atoms with Crippen LogP contribution in [0.5, 0.6) is 0 Å². The molecule has 0 aromatic carbocycles. The van der Waals surface area contributed by atoms with Crippen molar-refractivity contribution in [1.29, 1.82) is 0 Å². The van der Waals surface area contributed by atoms with Gasteiger partial charge in [-0.25, -0.2) is 0 Å². The van der Waals surface area contributed by atoms with Crippen LogP contribution in [0.4, 0.5) is 0 Å². The lowest BCUT2D eigenvalue weighted by Crippen LogP contribution is -2.43. The Hall–Kier alpha value is -1.10. The number of nitrogens with zero attached hydrogens (tertiary/aromatic N) is 1. The van der Waals surface area contributed by atoms with Gasteiger partial charge in [0.25, 0.3) is 5.91 Å². The molecule has 1 saturated heterocycles. The van der Waals surface area contributed by atoms with E-state index in [9.17, 15) is 9.59 Å². The maximum atomic E-state index is 12.0. The van der Waals surface area contributed by atoms with Gasteiger partial charge in [0.05, 0.1) is 0 Å². The number of rotatable bonds is 5. The summed E-state index contributed by atoms with van der Waals surface area (Å²) in [6.45, 7) is 0.987. The van der Waals surface area contributed by atoms with Gasteiger partial charge >= 0.3 is 5.97 Å². The molecule has 0 aromatic rings.